The first-order valence-electron chi connectivity index (χ1n) is 8.38. The van der Waals surface area contributed by atoms with Gasteiger partial charge in [-0.25, -0.2) is 0 Å². The number of rotatable bonds is 6. The summed E-state index contributed by atoms with van der Waals surface area (Å²) in [6.07, 6.45) is 6.59. The van der Waals surface area contributed by atoms with Crippen molar-refractivity contribution < 1.29 is 13.6 Å². The van der Waals surface area contributed by atoms with Crippen LogP contribution >= 0.6 is 0 Å². The molecule has 0 atom stereocenters. The topological polar surface area (TPSA) is 60.2 Å². The first kappa shape index (κ1) is 16.6. The van der Waals surface area contributed by atoms with Gasteiger partial charge in [-0.15, -0.1) is 0 Å². The first-order valence-corrected chi connectivity index (χ1v) is 8.38. The van der Waals surface area contributed by atoms with Crippen LogP contribution in [0.25, 0.3) is 0 Å². The molecule has 132 valence electrons. The number of benzene rings is 2. The molecular weight excluding hydrogens is 340 g/mol. The van der Waals surface area contributed by atoms with Gasteiger partial charge in [-0.05, 0) is 72.8 Å². The third-order valence-corrected chi connectivity index (χ3v) is 3.68. The predicted octanol–water partition coefficient (Wildman–Crippen LogP) is 6.17. The molecule has 4 rings (SSSR count). The summed E-state index contributed by atoms with van der Waals surface area (Å²) in [5, 5.41) is 0. The Bertz CT molecular complexity index is 929. The second-order valence-corrected chi connectivity index (χ2v) is 5.64. The molecule has 4 aromatic rings. The van der Waals surface area contributed by atoms with Crippen molar-refractivity contribution in [2.45, 2.75) is 0 Å². The van der Waals surface area contributed by atoms with E-state index in [9.17, 15) is 0 Å². The quantitative estimate of drug-likeness (QED) is 0.388. The minimum atomic E-state index is 0.713. The molecule has 0 N–H and O–H groups in total. The van der Waals surface area contributed by atoms with Crippen molar-refractivity contribution in [2.24, 2.45) is 9.98 Å². The van der Waals surface area contributed by atoms with Crippen LogP contribution in [0.2, 0.25) is 0 Å². The summed E-state index contributed by atoms with van der Waals surface area (Å²) in [7, 11) is 0. The van der Waals surface area contributed by atoms with Gasteiger partial charge in [0.15, 0.2) is 0 Å². The van der Waals surface area contributed by atoms with Gasteiger partial charge in [-0.1, -0.05) is 0 Å². The van der Waals surface area contributed by atoms with Crippen molar-refractivity contribution >= 4 is 23.8 Å². The fourth-order valence-electron chi connectivity index (χ4n) is 2.34. The van der Waals surface area contributed by atoms with Crippen LogP contribution in [0.1, 0.15) is 11.5 Å². The molecule has 5 heteroatoms. The summed E-state index contributed by atoms with van der Waals surface area (Å²) in [6, 6.07) is 22.4. The van der Waals surface area contributed by atoms with E-state index in [-0.39, 0.29) is 0 Å². The van der Waals surface area contributed by atoms with Crippen LogP contribution in [0, 0.1) is 0 Å². The minimum absolute atomic E-state index is 0.713. The molecular formula is C22H16N2O3. The highest BCUT2D eigenvalue weighted by molar-refractivity contribution is 5.79. The number of furan rings is 2. The highest BCUT2D eigenvalue weighted by atomic mass is 16.5. The van der Waals surface area contributed by atoms with Crippen LogP contribution in [0.5, 0.6) is 11.5 Å². The van der Waals surface area contributed by atoms with Gasteiger partial charge >= 0.3 is 0 Å². The third-order valence-electron chi connectivity index (χ3n) is 3.68. The number of ether oxygens (including phenoxy) is 1. The molecule has 0 aliphatic carbocycles. The van der Waals surface area contributed by atoms with E-state index in [0.29, 0.717) is 11.5 Å². The van der Waals surface area contributed by atoms with Gasteiger partial charge in [-0.3, -0.25) is 9.98 Å². The lowest BCUT2D eigenvalue weighted by molar-refractivity contribution is 0.483. The van der Waals surface area contributed by atoms with Gasteiger partial charge in [0.2, 0.25) is 0 Å². The van der Waals surface area contributed by atoms with Gasteiger partial charge in [0.25, 0.3) is 0 Å². The molecule has 2 aromatic heterocycles. The Morgan fingerprint density at radius 3 is 1.41 bits per heavy atom. The van der Waals surface area contributed by atoms with Crippen molar-refractivity contribution in [3.8, 4) is 11.5 Å². The summed E-state index contributed by atoms with van der Waals surface area (Å²) >= 11 is 0. The van der Waals surface area contributed by atoms with E-state index >= 15 is 0 Å². The van der Waals surface area contributed by atoms with Crippen molar-refractivity contribution in [3.05, 3.63) is 96.8 Å². The number of hydrogen-bond acceptors (Lipinski definition) is 5. The summed E-state index contributed by atoms with van der Waals surface area (Å²) in [4.78, 5) is 8.70. The van der Waals surface area contributed by atoms with E-state index < -0.39 is 0 Å². The summed E-state index contributed by atoms with van der Waals surface area (Å²) < 4.78 is 16.3. The molecule has 2 heterocycles. The van der Waals surface area contributed by atoms with E-state index in [4.69, 9.17) is 13.6 Å². The lowest BCUT2D eigenvalue weighted by Gasteiger charge is -2.06. The highest BCUT2D eigenvalue weighted by Crippen LogP contribution is 2.26. The predicted molar refractivity (Wildman–Crippen MR) is 105 cm³/mol. The van der Waals surface area contributed by atoms with E-state index in [1.807, 2.05) is 72.8 Å². The van der Waals surface area contributed by atoms with Crippen molar-refractivity contribution in [1.29, 1.82) is 0 Å². The molecule has 0 saturated carbocycles. The molecule has 0 bridgehead atoms. The molecule has 0 aliphatic rings. The van der Waals surface area contributed by atoms with Crippen molar-refractivity contribution in [2.75, 3.05) is 0 Å². The van der Waals surface area contributed by atoms with Crippen LogP contribution in [0.4, 0.5) is 11.4 Å². The fourth-order valence-corrected chi connectivity index (χ4v) is 2.34. The summed E-state index contributed by atoms with van der Waals surface area (Å²) in [5.74, 6) is 2.90. The third kappa shape index (κ3) is 4.61. The van der Waals surface area contributed by atoms with E-state index in [0.717, 1.165) is 22.9 Å². The lowest BCUT2D eigenvalue weighted by atomic mass is 10.3. The average molecular weight is 356 g/mol. The van der Waals surface area contributed by atoms with Crippen LogP contribution in [0.3, 0.4) is 0 Å². The molecule has 27 heavy (non-hydrogen) atoms. The zero-order chi connectivity index (χ0) is 18.3. The average Bonchev–Trinajstić information content (AvgIpc) is 3.41. The maximum Gasteiger partial charge on any atom is 0.144 e. The maximum atomic E-state index is 5.85. The van der Waals surface area contributed by atoms with Gasteiger partial charge in [0.1, 0.15) is 23.0 Å². The molecule has 0 saturated heterocycles. The number of nitrogens with zero attached hydrogens (tertiary/aromatic N) is 2. The number of hydrogen-bond donors (Lipinski definition) is 0. The summed E-state index contributed by atoms with van der Waals surface area (Å²) in [5.41, 5.74) is 1.64. The van der Waals surface area contributed by atoms with E-state index in [1.165, 1.54) is 0 Å². The van der Waals surface area contributed by atoms with Crippen LogP contribution in [0.15, 0.2) is 104 Å². The van der Waals surface area contributed by atoms with Crippen molar-refractivity contribution in [1.82, 2.24) is 0 Å². The highest BCUT2D eigenvalue weighted by Gasteiger charge is 1.99. The van der Waals surface area contributed by atoms with E-state index in [2.05, 4.69) is 9.98 Å². The molecule has 0 aliphatic heterocycles. The molecule has 0 unspecified atom stereocenters. The molecule has 5 nitrogen and oxygen atoms in total. The molecule has 0 amide bonds. The zero-order valence-electron chi connectivity index (χ0n) is 14.4. The van der Waals surface area contributed by atoms with Gasteiger partial charge in [0.05, 0.1) is 36.3 Å². The van der Waals surface area contributed by atoms with Crippen LogP contribution < -0.4 is 4.74 Å². The second-order valence-electron chi connectivity index (χ2n) is 5.64. The molecule has 0 radical (unpaired) electrons. The SMILES string of the molecule is C(=Nc1ccc(Oc2ccc(N=Cc3ccco3)cc2)cc1)c1ccco1. The Kier molecular flexibility index (Phi) is 4.93. The normalized spacial score (nSPS) is 11.4. The van der Waals surface area contributed by atoms with E-state index in [1.54, 1.807) is 25.0 Å². The maximum absolute atomic E-state index is 5.85. The first-order chi connectivity index (χ1) is 13.3. The largest absolute Gasteiger partial charge is 0.463 e. The van der Waals surface area contributed by atoms with Crippen molar-refractivity contribution in [3.63, 3.8) is 0 Å². The van der Waals surface area contributed by atoms with Gasteiger partial charge < -0.3 is 13.6 Å². The van der Waals surface area contributed by atoms with Gasteiger partial charge in [-0.2, -0.15) is 0 Å². The smallest absolute Gasteiger partial charge is 0.144 e. The molecule has 0 spiro atoms. The molecule has 2 aromatic carbocycles. The Labute approximate surface area is 156 Å². The zero-order valence-corrected chi connectivity index (χ0v) is 14.4. The molecule has 0 fully saturated rings. The number of aliphatic imine (C=N–C) groups is 2. The van der Waals surface area contributed by atoms with Crippen LogP contribution in [-0.4, -0.2) is 12.4 Å². The summed E-state index contributed by atoms with van der Waals surface area (Å²) in [6.45, 7) is 0. The monoisotopic (exact) mass is 356 g/mol. The Hall–Kier alpha value is -3.86. The standard InChI is InChI=1S/C22H16N2O3/c1-3-21(25-13-1)15-23-17-5-9-19(10-6-17)27-20-11-7-18(8-12-20)24-16-22-4-2-14-26-22/h1-16H. The lowest BCUT2D eigenvalue weighted by Crippen LogP contribution is -1.83. The second kappa shape index (κ2) is 8.01. The van der Waals surface area contributed by atoms with Gasteiger partial charge in [0, 0.05) is 0 Å². The minimum Gasteiger partial charge on any atom is -0.463 e. The Morgan fingerprint density at radius 1 is 0.593 bits per heavy atom. The fraction of sp³-hybridized carbons (Fsp3) is 0. The Morgan fingerprint density at radius 2 is 1.04 bits per heavy atom. The Balaban J connectivity index is 1.37. The van der Waals surface area contributed by atoms with Crippen LogP contribution in [-0.2, 0) is 0 Å².